The van der Waals surface area contributed by atoms with E-state index in [4.69, 9.17) is 4.55 Å². The summed E-state index contributed by atoms with van der Waals surface area (Å²) in [6.07, 6.45) is -4.04. The monoisotopic (exact) mass is 504 g/mol. The third-order valence-corrected chi connectivity index (χ3v) is 5.75. The van der Waals surface area contributed by atoms with Crippen molar-refractivity contribution in [1.29, 1.82) is 0 Å². The van der Waals surface area contributed by atoms with Crippen LogP contribution in [0, 0.1) is 12.8 Å². The topological polar surface area (TPSA) is 116 Å². The second-order valence-electron chi connectivity index (χ2n) is 7.47. The molecule has 186 valence electrons. The fraction of sp³-hybridized carbons (Fsp3) is 0.579. The Morgan fingerprint density at radius 3 is 2.06 bits per heavy atom. The zero-order valence-corrected chi connectivity index (χ0v) is 18.0. The summed E-state index contributed by atoms with van der Waals surface area (Å²) in [6, 6.07) is 4.90. The molecule has 1 atom stereocenters. The zero-order chi connectivity index (χ0) is 25.1. The summed E-state index contributed by atoms with van der Waals surface area (Å²) in [7, 11) is -6.23. The Balaban J connectivity index is 2.45. The Morgan fingerprint density at radius 1 is 1.03 bits per heavy atom. The predicted molar refractivity (Wildman–Crippen MR) is 101 cm³/mol. The standard InChI is InChI=1S/C19H21F5O8S/c1-12-7-9-14(10-8-12)31-16(26)18(19(22,23)24,30-11-17(20,21)33(27,28)29)32-15(25)13-5-3-2-4-6-13/h7-10,13H,2-6,11H2,1H3,(H,27,28,29). The zero-order valence-electron chi connectivity index (χ0n) is 17.2. The van der Waals surface area contributed by atoms with Gasteiger partial charge in [-0.15, -0.1) is 0 Å². The number of halogens is 5. The highest BCUT2D eigenvalue weighted by Gasteiger charge is 2.69. The smallest absolute Gasteiger partial charge is 0.421 e. The number of hydrogen-bond donors (Lipinski definition) is 1. The molecule has 1 fully saturated rings. The number of esters is 2. The molecule has 0 bridgehead atoms. The van der Waals surface area contributed by atoms with Gasteiger partial charge in [-0.05, 0) is 31.9 Å². The number of ether oxygens (including phenoxy) is 3. The van der Waals surface area contributed by atoms with Crippen molar-refractivity contribution in [2.24, 2.45) is 5.92 Å². The molecule has 0 spiro atoms. The minimum Gasteiger partial charge on any atom is -0.421 e. The maximum absolute atomic E-state index is 14.0. The largest absolute Gasteiger partial charge is 0.468 e. The number of carbonyl (C=O) groups excluding carboxylic acids is 2. The van der Waals surface area contributed by atoms with Crippen LogP contribution >= 0.6 is 0 Å². The van der Waals surface area contributed by atoms with Gasteiger partial charge < -0.3 is 14.2 Å². The SMILES string of the molecule is Cc1ccc(OC(=O)C(OCC(F)(F)S(=O)(=O)O)(OC(=O)C2CCCCC2)C(F)(F)F)cc1. The quantitative estimate of drug-likeness (QED) is 0.187. The molecule has 1 saturated carbocycles. The van der Waals surface area contributed by atoms with Gasteiger partial charge in [-0.1, -0.05) is 37.0 Å². The Labute approximate surface area is 185 Å². The lowest BCUT2D eigenvalue weighted by molar-refractivity contribution is -0.359. The Bertz CT molecular complexity index is 955. The molecule has 1 aliphatic rings. The highest BCUT2D eigenvalue weighted by molar-refractivity contribution is 7.86. The molecule has 0 heterocycles. The van der Waals surface area contributed by atoms with Gasteiger partial charge in [0.2, 0.25) is 0 Å². The van der Waals surface area contributed by atoms with Crippen molar-refractivity contribution in [2.45, 2.75) is 56.2 Å². The van der Waals surface area contributed by atoms with E-state index in [1.165, 1.54) is 12.1 Å². The molecule has 1 N–H and O–H groups in total. The molecule has 14 heteroatoms. The van der Waals surface area contributed by atoms with Crippen LogP contribution in [0.2, 0.25) is 0 Å². The number of rotatable bonds is 8. The molecular formula is C19H21F5O8S. The minimum atomic E-state index is -6.23. The van der Waals surface area contributed by atoms with Crippen molar-refractivity contribution < 1.29 is 58.7 Å². The average molecular weight is 504 g/mol. The number of benzene rings is 1. The van der Waals surface area contributed by atoms with Crippen LogP contribution in [0.25, 0.3) is 0 Å². The molecule has 1 aliphatic carbocycles. The highest BCUT2D eigenvalue weighted by atomic mass is 32.2. The molecule has 8 nitrogen and oxygen atoms in total. The van der Waals surface area contributed by atoms with Gasteiger partial charge in [0.15, 0.2) is 0 Å². The average Bonchev–Trinajstić information content (AvgIpc) is 2.71. The van der Waals surface area contributed by atoms with Crippen molar-refractivity contribution in [3.63, 3.8) is 0 Å². The molecule has 33 heavy (non-hydrogen) atoms. The summed E-state index contributed by atoms with van der Waals surface area (Å²) >= 11 is 0. The Kier molecular flexibility index (Phi) is 8.07. The first-order valence-corrected chi connectivity index (χ1v) is 11.1. The van der Waals surface area contributed by atoms with Crippen molar-refractivity contribution >= 4 is 22.1 Å². The summed E-state index contributed by atoms with van der Waals surface area (Å²) in [5, 5.41) is -5.26. The first-order chi connectivity index (χ1) is 15.1. The second kappa shape index (κ2) is 9.89. The number of hydrogen-bond acceptors (Lipinski definition) is 7. The van der Waals surface area contributed by atoms with Gasteiger partial charge in [0.1, 0.15) is 12.4 Å². The van der Waals surface area contributed by atoms with Crippen molar-refractivity contribution in [3.05, 3.63) is 29.8 Å². The molecule has 0 aliphatic heterocycles. The summed E-state index contributed by atoms with van der Waals surface area (Å²) in [5.74, 6) is -10.2. The first-order valence-electron chi connectivity index (χ1n) is 9.66. The van der Waals surface area contributed by atoms with E-state index in [0.717, 1.165) is 12.1 Å². The lowest BCUT2D eigenvalue weighted by Gasteiger charge is -2.34. The van der Waals surface area contributed by atoms with Crippen LogP contribution in [0.5, 0.6) is 5.75 Å². The van der Waals surface area contributed by atoms with Crippen molar-refractivity contribution in [1.82, 2.24) is 0 Å². The summed E-state index contributed by atoms with van der Waals surface area (Å²) in [5.41, 5.74) is 0.643. The van der Waals surface area contributed by atoms with Crippen LogP contribution in [0.4, 0.5) is 22.0 Å². The number of carbonyl (C=O) groups is 2. The van der Waals surface area contributed by atoms with E-state index >= 15 is 0 Å². The lowest BCUT2D eigenvalue weighted by atomic mass is 9.89. The Hall–Kier alpha value is -2.32. The maximum atomic E-state index is 14.0. The second-order valence-corrected chi connectivity index (χ2v) is 9.02. The molecule has 1 aromatic rings. The maximum Gasteiger partial charge on any atom is 0.468 e. The van der Waals surface area contributed by atoms with Gasteiger partial charge in [-0.3, -0.25) is 9.35 Å². The molecule has 0 radical (unpaired) electrons. The van der Waals surface area contributed by atoms with Crippen LogP contribution < -0.4 is 4.74 Å². The number of aryl methyl sites for hydroxylation is 1. The highest BCUT2D eigenvalue weighted by Crippen LogP contribution is 2.40. The van der Waals surface area contributed by atoms with Gasteiger partial charge in [0.05, 0.1) is 5.92 Å². The molecule has 2 rings (SSSR count). The predicted octanol–water partition coefficient (Wildman–Crippen LogP) is 3.78. The summed E-state index contributed by atoms with van der Waals surface area (Å²) in [4.78, 5) is 25.0. The third kappa shape index (κ3) is 6.38. The van der Waals surface area contributed by atoms with Gasteiger partial charge in [-0.25, -0.2) is 4.79 Å². The van der Waals surface area contributed by atoms with Crippen LogP contribution in [0.15, 0.2) is 24.3 Å². The number of alkyl halides is 5. The van der Waals surface area contributed by atoms with Crippen LogP contribution in [0.1, 0.15) is 37.7 Å². The van der Waals surface area contributed by atoms with E-state index in [1.807, 2.05) is 0 Å². The summed E-state index contributed by atoms with van der Waals surface area (Å²) in [6.45, 7) is -1.04. The molecule has 0 saturated heterocycles. The minimum absolute atomic E-state index is 0.126. The van der Waals surface area contributed by atoms with E-state index in [2.05, 4.69) is 14.2 Å². The van der Waals surface area contributed by atoms with E-state index in [9.17, 15) is 40.0 Å². The van der Waals surface area contributed by atoms with Crippen LogP contribution in [0.3, 0.4) is 0 Å². The van der Waals surface area contributed by atoms with E-state index < -0.39 is 57.5 Å². The van der Waals surface area contributed by atoms with Crippen molar-refractivity contribution in [2.75, 3.05) is 6.61 Å². The van der Waals surface area contributed by atoms with Gasteiger partial charge in [0, 0.05) is 0 Å². The van der Waals surface area contributed by atoms with E-state index in [-0.39, 0.29) is 12.8 Å². The molecule has 1 aromatic carbocycles. The van der Waals surface area contributed by atoms with Gasteiger partial charge in [0.25, 0.3) is 0 Å². The van der Waals surface area contributed by atoms with Crippen LogP contribution in [-0.4, -0.2) is 48.7 Å². The Morgan fingerprint density at radius 2 is 1.58 bits per heavy atom. The lowest BCUT2D eigenvalue weighted by Crippen LogP contribution is -2.61. The van der Waals surface area contributed by atoms with Gasteiger partial charge in [-0.2, -0.15) is 30.4 Å². The molecule has 0 aromatic heterocycles. The van der Waals surface area contributed by atoms with E-state index in [0.29, 0.717) is 24.8 Å². The van der Waals surface area contributed by atoms with Crippen molar-refractivity contribution in [3.8, 4) is 5.75 Å². The van der Waals surface area contributed by atoms with Gasteiger partial charge >= 0.3 is 39.3 Å². The van der Waals surface area contributed by atoms with Crippen LogP contribution in [-0.2, 0) is 29.2 Å². The molecule has 0 amide bonds. The molecular weight excluding hydrogens is 483 g/mol. The summed E-state index contributed by atoms with van der Waals surface area (Å²) < 4.78 is 112. The molecule has 1 unspecified atom stereocenters. The normalized spacial score (nSPS) is 17.8. The third-order valence-electron chi connectivity index (χ3n) is 4.88. The first kappa shape index (κ1) is 26.9. The fourth-order valence-electron chi connectivity index (χ4n) is 2.99. The fourth-order valence-corrected chi connectivity index (χ4v) is 3.20. The van der Waals surface area contributed by atoms with E-state index in [1.54, 1.807) is 6.92 Å².